The van der Waals surface area contributed by atoms with Crippen molar-refractivity contribution in [2.75, 3.05) is 6.61 Å². The van der Waals surface area contributed by atoms with Crippen LogP contribution in [0.25, 0.3) is 0 Å². The molecule has 0 heterocycles. The van der Waals surface area contributed by atoms with Crippen molar-refractivity contribution in [1.82, 2.24) is 0 Å². The van der Waals surface area contributed by atoms with Crippen molar-refractivity contribution < 1.29 is 29.1 Å². The highest BCUT2D eigenvalue weighted by atomic mass is 16.7. The van der Waals surface area contributed by atoms with E-state index in [1.807, 2.05) is 19.9 Å². The van der Waals surface area contributed by atoms with Gasteiger partial charge in [0.25, 0.3) is 5.69 Å². The lowest BCUT2D eigenvalue weighted by Crippen LogP contribution is -2.49. The summed E-state index contributed by atoms with van der Waals surface area (Å²) in [6.45, 7) is 5.71. The van der Waals surface area contributed by atoms with Crippen LogP contribution in [0.4, 0.5) is 10.5 Å². The van der Waals surface area contributed by atoms with Gasteiger partial charge in [-0.15, -0.1) is 0 Å². The molecule has 1 saturated carbocycles. The number of carbonyl (C=O) groups excluding carboxylic acids is 2. The van der Waals surface area contributed by atoms with E-state index < -0.39 is 22.1 Å². The molecule has 32 heavy (non-hydrogen) atoms. The van der Waals surface area contributed by atoms with Crippen LogP contribution in [0, 0.1) is 15.5 Å². The number of nitro groups is 1. The molecular formula is C24H25NO7. The smallest absolute Gasteiger partial charge is 0.434 e. The van der Waals surface area contributed by atoms with Crippen molar-refractivity contribution in [3.05, 3.63) is 68.3 Å². The third-order valence-electron chi connectivity index (χ3n) is 6.91. The van der Waals surface area contributed by atoms with Gasteiger partial charge in [0, 0.05) is 23.1 Å². The highest BCUT2D eigenvalue weighted by molar-refractivity contribution is 6.10. The zero-order valence-corrected chi connectivity index (χ0v) is 18.3. The van der Waals surface area contributed by atoms with E-state index in [1.165, 1.54) is 24.3 Å². The molecule has 0 unspecified atom stereocenters. The zero-order chi connectivity index (χ0) is 23.3. The van der Waals surface area contributed by atoms with Gasteiger partial charge in [-0.1, -0.05) is 5.57 Å². The molecule has 168 valence electrons. The van der Waals surface area contributed by atoms with Crippen LogP contribution in [0.1, 0.15) is 46.5 Å². The van der Waals surface area contributed by atoms with E-state index in [0.717, 1.165) is 35.1 Å². The summed E-state index contributed by atoms with van der Waals surface area (Å²) in [6.07, 6.45) is 3.73. The fourth-order valence-corrected chi connectivity index (χ4v) is 4.90. The Labute approximate surface area is 185 Å². The fourth-order valence-electron chi connectivity index (χ4n) is 4.90. The highest BCUT2D eigenvalue weighted by Crippen LogP contribution is 2.65. The molecule has 0 aliphatic heterocycles. The highest BCUT2D eigenvalue weighted by Gasteiger charge is 2.64. The Morgan fingerprint density at radius 3 is 2.47 bits per heavy atom. The lowest BCUT2D eigenvalue weighted by atomic mass is 9.67. The summed E-state index contributed by atoms with van der Waals surface area (Å²) >= 11 is 0. The maximum Gasteiger partial charge on any atom is 0.513 e. The quantitative estimate of drug-likeness (QED) is 0.227. The second-order valence-electron chi connectivity index (χ2n) is 8.76. The van der Waals surface area contributed by atoms with Crippen LogP contribution in [0.3, 0.4) is 0 Å². The second-order valence-corrected chi connectivity index (χ2v) is 8.76. The molecule has 8 nitrogen and oxygen atoms in total. The Hall–Kier alpha value is -3.26. The van der Waals surface area contributed by atoms with Crippen molar-refractivity contribution in [1.29, 1.82) is 0 Å². The summed E-state index contributed by atoms with van der Waals surface area (Å²) in [5.41, 5.74) is 2.72. The third-order valence-corrected chi connectivity index (χ3v) is 6.91. The third kappa shape index (κ3) is 3.44. The van der Waals surface area contributed by atoms with Crippen LogP contribution < -0.4 is 4.74 Å². The molecule has 1 N–H and O–H groups in total. The van der Waals surface area contributed by atoms with E-state index in [-0.39, 0.29) is 23.8 Å². The second kappa shape index (κ2) is 7.70. The molecule has 0 aromatic heterocycles. The number of ketones is 1. The van der Waals surface area contributed by atoms with E-state index in [9.17, 15) is 24.8 Å². The number of nitro benzene ring substituents is 1. The van der Waals surface area contributed by atoms with Gasteiger partial charge >= 0.3 is 6.16 Å². The summed E-state index contributed by atoms with van der Waals surface area (Å²) in [4.78, 5) is 35.0. The predicted molar refractivity (Wildman–Crippen MR) is 115 cm³/mol. The van der Waals surface area contributed by atoms with Crippen LogP contribution in [0.5, 0.6) is 5.75 Å². The first kappa shape index (κ1) is 22.0. The first-order valence-electron chi connectivity index (χ1n) is 10.6. The normalized spacial score (nSPS) is 23.2. The van der Waals surface area contributed by atoms with Crippen LogP contribution >= 0.6 is 0 Å². The first-order chi connectivity index (χ1) is 15.1. The van der Waals surface area contributed by atoms with Gasteiger partial charge in [-0.2, -0.15) is 0 Å². The topological polar surface area (TPSA) is 116 Å². The molecule has 3 aliphatic rings. The first-order valence-corrected chi connectivity index (χ1v) is 10.6. The molecule has 1 fully saturated rings. The summed E-state index contributed by atoms with van der Waals surface area (Å²) in [6, 6.07) is 5.15. The average Bonchev–Trinajstić information content (AvgIpc) is 3.49. The Balaban J connectivity index is 1.35. The van der Waals surface area contributed by atoms with E-state index >= 15 is 0 Å². The largest absolute Gasteiger partial charge is 0.513 e. The van der Waals surface area contributed by atoms with Crippen molar-refractivity contribution >= 4 is 17.6 Å². The molecule has 0 amide bonds. The van der Waals surface area contributed by atoms with E-state index in [0.29, 0.717) is 18.4 Å². The van der Waals surface area contributed by atoms with Gasteiger partial charge in [-0.05, 0) is 81.4 Å². The van der Waals surface area contributed by atoms with Crippen molar-refractivity contribution in [3.8, 4) is 5.75 Å². The number of carbonyl (C=O) groups is 2. The van der Waals surface area contributed by atoms with E-state index in [1.54, 1.807) is 6.92 Å². The van der Waals surface area contributed by atoms with E-state index in [4.69, 9.17) is 9.47 Å². The number of nitrogens with zero attached hydrogens (tertiary/aromatic N) is 1. The molecule has 1 spiro atoms. The number of Topliss-reactive ketones (excluding diaryl/α,β-unsaturated/α-hetero) is 1. The molecule has 1 aromatic carbocycles. The number of ether oxygens (including phenoxy) is 2. The summed E-state index contributed by atoms with van der Waals surface area (Å²) in [7, 11) is 0. The minimum Gasteiger partial charge on any atom is -0.434 e. The number of aliphatic hydroxyl groups is 1. The minimum absolute atomic E-state index is 0.0980. The standard InChI is InChI=1S/C24H25NO7/c1-14-13-19-20(15(2)24(10-11-24)23(3,28)21(19)26)18(14)5-4-12-31-22(27)32-17-8-6-16(7-9-17)25(29)30/h6-9,13,28H,4-5,10-12H2,1-3H3/t23-/m0/s1. The Bertz CT molecular complexity index is 1100. The van der Waals surface area contributed by atoms with Gasteiger partial charge in [0.05, 0.1) is 11.5 Å². The van der Waals surface area contributed by atoms with E-state index in [2.05, 4.69) is 0 Å². The van der Waals surface area contributed by atoms with Crippen molar-refractivity contribution in [2.45, 2.75) is 52.1 Å². The molecule has 1 atom stereocenters. The zero-order valence-electron chi connectivity index (χ0n) is 18.3. The van der Waals surface area contributed by atoms with Crippen LogP contribution in [0.2, 0.25) is 0 Å². The van der Waals surface area contributed by atoms with Gasteiger partial charge in [-0.3, -0.25) is 14.9 Å². The maximum absolute atomic E-state index is 13.0. The maximum atomic E-state index is 13.0. The molecule has 8 heteroatoms. The molecule has 0 saturated heterocycles. The summed E-state index contributed by atoms with van der Waals surface area (Å²) in [5.74, 6) is -0.0556. The Kier molecular flexibility index (Phi) is 5.29. The molecule has 4 rings (SSSR count). The molecule has 3 aliphatic carbocycles. The van der Waals surface area contributed by atoms with Crippen LogP contribution in [-0.2, 0) is 9.53 Å². The Morgan fingerprint density at radius 2 is 1.88 bits per heavy atom. The fraction of sp³-hybridized carbons (Fsp3) is 0.417. The van der Waals surface area contributed by atoms with Gasteiger partial charge in [-0.25, -0.2) is 4.79 Å². The molecule has 0 bridgehead atoms. The molecule has 0 radical (unpaired) electrons. The monoisotopic (exact) mass is 439 g/mol. The Morgan fingerprint density at radius 1 is 1.22 bits per heavy atom. The van der Waals surface area contributed by atoms with Crippen molar-refractivity contribution in [3.63, 3.8) is 0 Å². The van der Waals surface area contributed by atoms with Crippen LogP contribution in [-0.4, -0.2) is 34.2 Å². The summed E-state index contributed by atoms with van der Waals surface area (Å²) in [5, 5.41) is 21.6. The van der Waals surface area contributed by atoms with Gasteiger partial charge in [0.2, 0.25) is 0 Å². The lowest BCUT2D eigenvalue weighted by molar-refractivity contribution is -0.384. The number of non-ortho nitro benzene ring substituents is 1. The minimum atomic E-state index is -1.37. The van der Waals surface area contributed by atoms with Gasteiger partial charge < -0.3 is 14.6 Å². The molecule has 1 aromatic rings. The SMILES string of the molecule is CC1=C(CCCOC(=O)Oc2ccc([N+](=O)[O-])cc2)C2=C(C)C3(CC3)[C@@](C)(O)C(=O)C2=C1. The summed E-state index contributed by atoms with van der Waals surface area (Å²) < 4.78 is 10.2. The van der Waals surface area contributed by atoms with Crippen molar-refractivity contribution in [2.24, 2.45) is 5.41 Å². The van der Waals surface area contributed by atoms with Gasteiger partial charge in [0.15, 0.2) is 5.78 Å². The average molecular weight is 439 g/mol. The van der Waals surface area contributed by atoms with Gasteiger partial charge in [0.1, 0.15) is 11.4 Å². The number of benzene rings is 1. The number of hydrogen-bond acceptors (Lipinski definition) is 7. The lowest BCUT2D eigenvalue weighted by Gasteiger charge is -2.39. The predicted octanol–water partition coefficient (Wildman–Crippen LogP) is 4.58. The number of fused-ring (bicyclic) bond motifs is 1. The number of hydrogen-bond donors (Lipinski definition) is 1. The number of rotatable bonds is 6. The van der Waals surface area contributed by atoms with Crippen LogP contribution in [0.15, 0.2) is 58.2 Å². The number of allylic oxidation sites excluding steroid dienone is 4. The molecular weight excluding hydrogens is 414 g/mol.